The lowest BCUT2D eigenvalue weighted by atomic mass is 10.0. The van der Waals surface area contributed by atoms with Gasteiger partial charge in [0, 0.05) is 17.8 Å². The van der Waals surface area contributed by atoms with Crippen molar-refractivity contribution >= 4 is 24.0 Å². The first-order chi connectivity index (χ1) is 10.1. The van der Waals surface area contributed by atoms with E-state index in [-0.39, 0.29) is 24.4 Å². The number of aryl methyl sites for hydroxylation is 1. The van der Waals surface area contributed by atoms with Crippen molar-refractivity contribution in [2.75, 3.05) is 11.9 Å². The minimum atomic E-state index is -0.0159. The Morgan fingerprint density at radius 2 is 1.91 bits per heavy atom. The fourth-order valence-electron chi connectivity index (χ4n) is 2.66. The molecule has 0 saturated carbocycles. The summed E-state index contributed by atoms with van der Waals surface area (Å²) in [6.07, 6.45) is 0.990. The number of hydrogen-bond donors (Lipinski definition) is 2. The fourth-order valence-corrected chi connectivity index (χ4v) is 2.66. The third-order valence-electron chi connectivity index (χ3n) is 4.00. The van der Waals surface area contributed by atoms with Crippen LogP contribution in [-0.4, -0.2) is 12.5 Å². The molecule has 1 aliphatic rings. The highest BCUT2D eigenvalue weighted by molar-refractivity contribution is 5.95. The lowest BCUT2D eigenvalue weighted by molar-refractivity contribution is 0.0940. The van der Waals surface area contributed by atoms with Gasteiger partial charge in [0.25, 0.3) is 5.91 Å². The third kappa shape index (κ3) is 3.42. The van der Waals surface area contributed by atoms with Gasteiger partial charge in [0.2, 0.25) is 0 Å². The van der Waals surface area contributed by atoms with E-state index >= 15 is 0 Å². The van der Waals surface area contributed by atoms with Crippen LogP contribution in [0, 0.1) is 6.92 Å². The Labute approximate surface area is 137 Å². The van der Waals surface area contributed by atoms with Crippen LogP contribution in [0.4, 0.5) is 5.69 Å². The van der Waals surface area contributed by atoms with E-state index in [0.29, 0.717) is 0 Å². The quantitative estimate of drug-likeness (QED) is 0.902. The highest BCUT2D eigenvalue weighted by Gasteiger charge is 2.15. The smallest absolute Gasteiger partial charge is 0.251 e. The number of anilines is 1. The van der Waals surface area contributed by atoms with Crippen LogP contribution in [-0.2, 0) is 6.42 Å². The van der Waals surface area contributed by atoms with Gasteiger partial charge in [0.15, 0.2) is 0 Å². The number of halogens is 1. The molecule has 2 N–H and O–H groups in total. The number of amides is 1. The highest BCUT2D eigenvalue weighted by Crippen LogP contribution is 2.23. The van der Waals surface area contributed by atoms with E-state index in [4.69, 9.17) is 0 Å². The second kappa shape index (κ2) is 6.84. The van der Waals surface area contributed by atoms with E-state index in [1.165, 1.54) is 11.1 Å². The molecule has 0 saturated heterocycles. The van der Waals surface area contributed by atoms with Crippen molar-refractivity contribution in [3.05, 3.63) is 64.7 Å². The summed E-state index contributed by atoms with van der Waals surface area (Å²) in [5, 5.41) is 6.37. The van der Waals surface area contributed by atoms with Gasteiger partial charge in [-0.2, -0.15) is 0 Å². The number of rotatable bonds is 3. The van der Waals surface area contributed by atoms with Crippen molar-refractivity contribution in [2.45, 2.75) is 26.3 Å². The minimum Gasteiger partial charge on any atom is -0.384 e. The van der Waals surface area contributed by atoms with Gasteiger partial charge in [0.1, 0.15) is 0 Å². The number of carbonyl (C=O) groups is 1. The largest absolute Gasteiger partial charge is 0.384 e. The average molecular weight is 317 g/mol. The zero-order valence-electron chi connectivity index (χ0n) is 12.8. The number of fused-ring (bicyclic) bond motifs is 1. The number of hydrogen-bond acceptors (Lipinski definition) is 2. The van der Waals surface area contributed by atoms with Gasteiger partial charge >= 0.3 is 0 Å². The summed E-state index contributed by atoms with van der Waals surface area (Å²) in [7, 11) is 0. The lowest BCUT2D eigenvalue weighted by Crippen LogP contribution is -2.26. The van der Waals surface area contributed by atoms with E-state index < -0.39 is 0 Å². The molecule has 4 heteroatoms. The molecule has 1 heterocycles. The van der Waals surface area contributed by atoms with Crippen molar-refractivity contribution in [1.29, 1.82) is 0 Å². The van der Waals surface area contributed by atoms with E-state index in [2.05, 4.69) is 41.8 Å². The molecule has 22 heavy (non-hydrogen) atoms. The van der Waals surface area contributed by atoms with Crippen LogP contribution < -0.4 is 10.6 Å². The molecule has 3 nitrogen and oxygen atoms in total. The molecule has 1 atom stereocenters. The molecule has 1 aliphatic heterocycles. The summed E-state index contributed by atoms with van der Waals surface area (Å²) < 4.78 is 0. The minimum absolute atomic E-state index is 0. The van der Waals surface area contributed by atoms with Gasteiger partial charge in [-0.1, -0.05) is 29.8 Å². The summed E-state index contributed by atoms with van der Waals surface area (Å²) in [4.78, 5) is 12.4. The van der Waals surface area contributed by atoms with Crippen molar-refractivity contribution in [3.63, 3.8) is 0 Å². The van der Waals surface area contributed by atoms with Crippen LogP contribution >= 0.6 is 12.4 Å². The second-order valence-electron chi connectivity index (χ2n) is 5.65. The molecule has 0 radical (unpaired) electrons. The number of benzene rings is 2. The standard InChI is InChI=1S/C18H20N2O.ClH/c1-12-3-5-14(6-4-12)13(2)20-18(21)16-7-8-17-15(11-16)9-10-19-17;/h3-8,11,13,19H,9-10H2,1-2H3,(H,20,21);1H. The molecule has 0 bridgehead atoms. The van der Waals surface area contributed by atoms with Crippen LogP contribution in [0.3, 0.4) is 0 Å². The van der Waals surface area contributed by atoms with Crippen molar-refractivity contribution in [2.24, 2.45) is 0 Å². The Kier molecular flexibility index (Phi) is 5.09. The van der Waals surface area contributed by atoms with Crippen molar-refractivity contribution < 1.29 is 4.79 Å². The average Bonchev–Trinajstić information content (AvgIpc) is 2.95. The zero-order valence-corrected chi connectivity index (χ0v) is 13.7. The molecule has 3 rings (SSSR count). The number of carbonyl (C=O) groups excluding carboxylic acids is 1. The van der Waals surface area contributed by atoms with Crippen LogP contribution in [0.2, 0.25) is 0 Å². The maximum absolute atomic E-state index is 12.4. The molecule has 0 aliphatic carbocycles. The van der Waals surface area contributed by atoms with E-state index in [1.54, 1.807) is 0 Å². The maximum atomic E-state index is 12.4. The monoisotopic (exact) mass is 316 g/mol. The first kappa shape index (κ1) is 16.4. The molecule has 0 aromatic heterocycles. The van der Waals surface area contributed by atoms with Gasteiger partial charge in [0.05, 0.1) is 6.04 Å². The van der Waals surface area contributed by atoms with Crippen LogP contribution in [0.1, 0.15) is 40.0 Å². The van der Waals surface area contributed by atoms with Gasteiger partial charge in [-0.25, -0.2) is 0 Å². The Morgan fingerprint density at radius 1 is 1.18 bits per heavy atom. The van der Waals surface area contributed by atoms with Gasteiger partial charge in [-0.3, -0.25) is 4.79 Å². The Morgan fingerprint density at radius 3 is 2.64 bits per heavy atom. The molecule has 2 aromatic carbocycles. The number of nitrogens with one attached hydrogen (secondary N) is 2. The molecular formula is C18H21ClN2O. The summed E-state index contributed by atoms with van der Waals surface area (Å²) in [5.74, 6) is -0.0159. The summed E-state index contributed by atoms with van der Waals surface area (Å²) >= 11 is 0. The molecule has 1 amide bonds. The molecule has 1 unspecified atom stereocenters. The van der Waals surface area contributed by atoms with Gasteiger partial charge in [-0.15, -0.1) is 12.4 Å². The highest BCUT2D eigenvalue weighted by atomic mass is 35.5. The summed E-state index contributed by atoms with van der Waals surface area (Å²) in [6.45, 7) is 5.03. The Balaban J connectivity index is 0.00000176. The van der Waals surface area contributed by atoms with Crippen molar-refractivity contribution in [1.82, 2.24) is 5.32 Å². The topological polar surface area (TPSA) is 41.1 Å². The van der Waals surface area contributed by atoms with E-state index in [0.717, 1.165) is 29.8 Å². The van der Waals surface area contributed by atoms with E-state index in [9.17, 15) is 4.79 Å². The molecule has 116 valence electrons. The molecular weight excluding hydrogens is 296 g/mol. The predicted molar refractivity (Wildman–Crippen MR) is 92.9 cm³/mol. The Bertz CT molecular complexity index is 667. The van der Waals surface area contributed by atoms with E-state index in [1.807, 2.05) is 25.1 Å². The van der Waals surface area contributed by atoms with Crippen LogP contribution in [0.5, 0.6) is 0 Å². The second-order valence-corrected chi connectivity index (χ2v) is 5.65. The predicted octanol–water partition coefficient (Wildman–Crippen LogP) is 3.88. The van der Waals surface area contributed by atoms with Gasteiger partial charge in [-0.05, 0) is 49.6 Å². The normalized spacial score (nSPS) is 13.5. The SMILES string of the molecule is Cc1ccc(C(C)NC(=O)c2ccc3c(c2)CCN3)cc1.Cl. The maximum Gasteiger partial charge on any atom is 0.251 e. The summed E-state index contributed by atoms with van der Waals surface area (Å²) in [5.41, 5.74) is 5.46. The van der Waals surface area contributed by atoms with Crippen LogP contribution in [0.15, 0.2) is 42.5 Å². The zero-order chi connectivity index (χ0) is 14.8. The van der Waals surface area contributed by atoms with Gasteiger partial charge < -0.3 is 10.6 Å². The molecule has 2 aromatic rings. The van der Waals surface area contributed by atoms with Crippen LogP contribution in [0.25, 0.3) is 0 Å². The Hall–Kier alpha value is -2.00. The first-order valence-corrected chi connectivity index (χ1v) is 7.38. The third-order valence-corrected chi connectivity index (χ3v) is 4.00. The van der Waals surface area contributed by atoms with Crippen molar-refractivity contribution in [3.8, 4) is 0 Å². The molecule has 0 fully saturated rings. The lowest BCUT2D eigenvalue weighted by Gasteiger charge is -2.15. The first-order valence-electron chi connectivity index (χ1n) is 7.38. The summed E-state index contributed by atoms with van der Waals surface area (Å²) in [6, 6.07) is 14.1. The fraction of sp³-hybridized carbons (Fsp3) is 0.278. The molecule has 0 spiro atoms.